The molecule has 2 amide bonds. The maximum atomic E-state index is 12.6. The third-order valence-corrected chi connectivity index (χ3v) is 5.73. The summed E-state index contributed by atoms with van der Waals surface area (Å²) in [4.78, 5) is 28.1. The average molecular weight is 347 g/mol. The second-order valence-electron chi connectivity index (χ2n) is 7.52. The van der Waals surface area contributed by atoms with Crippen molar-refractivity contribution in [1.82, 2.24) is 15.0 Å². The first-order chi connectivity index (χ1) is 12.1. The van der Waals surface area contributed by atoms with Crippen molar-refractivity contribution in [3.8, 4) is 0 Å². The summed E-state index contributed by atoms with van der Waals surface area (Å²) in [6.45, 7) is 5.61. The molecule has 3 saturated heterocycles. The zero-order valence-electron chi connectivity index (χ0n) is 14.7. The summed E-state index contributed by atoms with van der Waals surface area (Å²) >= 11 is 0. The first kappa shape index (κ1) is 16.6. The van der Waals surface area contributed by atoms with Crippen LogP contribution in [0.1, 0.15) is 48.7 Å². The van der Waals surface area contributed by atoms with Gasteiger partial charge in [-0.25, -0.2) is 0 Å². The van der Waals surface area contributed by atoms with Crippen LogP contribution in [-0.2, 0) is 16.0 Å². The molecule has 1 aromatic heterocycles. The van der Waals surface area contributed by atoms with Crippen molar-refractivity contribution in [1.29, 1.82) is 0 Å². The lowest BCUT2D eigenvalue weighted by Gasteiger charge is -2.52. The molecule has 4 rings (SSSR count). The van der Waals surface area contributed by atoms with Crippen LogP contribution in [0, 0.1) is 5.92 Å². The van der Waals surface area contributed by atoms with Crippen molar-refractivity contribution in [3.05, 3.63) is 17.5 Å². The maximum absolute atomic E-state index is 12.6. The molecule has 0 unspecified atom stereocenters. The highest BCUT2D eigenvalue weighted by Crippen LogP contribution is 2.37. The van der Waals surface area contributed by atoms with Crippen LogP contribution in [0.15, 0.2) is 10.7 Å². The second kappa shape index (κ2) is 6.44. The van der Waals surface area contributed by atoms with E-state index in [2.05, 4.69) is 5.16 Å². The number of likely N-dealkylation sites (tertiary alicyclic amines) is 2. The highest BCUT2D eigenvalue weighted by atomic mass is 16.5. The van der Waals surface area contributed by atoms with Gasteiger partial charge in [-0.05, 0) is 19.3 Å². The van der Waals surface area contributed by atoms with Crippen molar-refractivity contribution in [3.63, 3.8) is 0 Å². The van der Waals surface area contributed by atoms with Gasteiger partial charge in [0.1, 0.15) is 16.9 Å². The Morgan fingerprint density at radius 1 is 1.44 bits per heavy atom. The molecule has 1 spiro atoms. The molecule has 3 fully saturated rings. The molecular weight excluding hydrogens is 322 g/mol. The van der Waals surface area contributed by atoms with Crippen molar-refractivity contribution in [2.45, 2.75) is 44.6 Å². The van der Waals surface area contributed by atoms with E-state index in [-0.39, 0.29) is 17.4 Å². The normalized spacial score (nSPS) is 25.5. The molecule has 7 heteroatoms. The fraction of sp³-hybridized carbons (Fsp3) is 0.722. The number of ether oxygens (including phenoxy) is 1. The molecular formula is C18H25N3O4. The Labute approximate surface area is 147 Å². The zero-order chi connectivity index (χ0) is 17.4. The van der Waals surface area contributed by atoms with Crippen LogP contribution >= 0.6 is 0 Å². The number of aromatic nitrogens is 1. The SMILES string of the molecule is CCc1oncc1C(=O)N1CC2(CC[C@@H](CN3CCCC3=O)CO2)C1. The standard InChI is InChI=1S/C18H25N3O4/c1-2-15-14(8-19-25-15)17(23)21-11-18(12-21)6-5-13(10-24-18)9-20-7-3-4-16(20)22/h8,13H,2-7,9-12H2,1H3/t13-/m0/s1. The molecule has 7 nitrogen and oxygen atoms in total. The first-order valence-corrected chi connectivity index (χ1v) is 9.25. The third-order valence-electron chi connectivity index (χ3n) is 5.73. The van der Waals surface area contributed by atoms with Crippen molar-refractivity contribution < 1.29 is 18.8 Å². The minimum absolute atomic E-state index is 0.0166. The molecule has 25 heavy (non-hydrogen) atoms. The Bertz CT molecular complexity index is 655. The van der Waals surface area contributed by atoms with Crippen molar-refractivity contribution in [2.24, 2.45) is 5.92 Å². The van der Waals surface area contributed by atoms with E-state index >= 15 is 0 Å². The van der Waals surface area contributed by atoms with Gasteiger partial charge >= 0.3 is 0 Å². The van der Waals surface area contributed by atoms with Gasteiger partial charge in [0, 0.05) is 31.8 Å². The van der Waals surface area contributed by atoms with Gasteiger partial charge in [-0.1, -0.05) is 12.1 Å². The molecule has 4 heterocycles. The number of aryl methyl sites for hydroxylation is 1. The van der Waals surface area contributed by atoms with Crippen molar-refractivity contribution in [2.75, 3.05) is 32.8 Å². The largest absolute Gasteiger partial charge is 0.371 e. The number of carbonyl (C=O) groups excluding carboxylic acids is 2. The van der Waals surface area contributed by atoms with E-state index in [0.29, 0.717) is 49.8 Å². The molecule has 3 aliphatic heterocycles. The number of rotatable bonds is 4. The summed E-state index contributed by atoms with van der Waals surface area (Å²) in [6, 6.07) is 0. The zero-order valence-corrected chi connectivity index (χ0v) is 14.7. The van der Waals surface area contributed by atoms with E-state index in [4.69, 9.17) is 9.26 Å². The predicted octanol–water partition coefficient (Wildman–Crippen LogP) is 1.48. The number of nitrogens with zero attached hydrogens (tertiary/aromatic N) is 3. The summed E-state index contributed by atoms with van der Waals surface area (Å²) in [7, 11) is 0. The van der Waals surface area contributed by atoms with Gasteiger partial charge in [-0.2, -0.15) is 0 Å². The van der Waals surface area contributed by atoms with Crippen LogP contribution in [-0.4, -0.2) is 65.2 Å². The number of carbonyl (C=O) groups is 2. The predicted molar refractivity (Wildman–Crippen MR) is 89.0 cm³/mol. The molecule has 0 N–H and O–H groups in total. The monoisotopic (exact) mass is 347 g/mol. The van der Waals surface area contributed by atoms with Crippen LogP contribution in [0.4, 0.5) is 0 Å². The Morgan fingerprint density at radius 3 is 2.92 bits per heavy atom. The molecule has 0 aliphatic carbocycles. The summed E-state index contributed by atoms with van der Waals surface area (Å²) in [5.41, 5.74) is 0.378. The van der Waals surface area contributed by atoms with Crippen molar-refractivity contribution >= 4 is 11.8 Å². The number of amides is 2. The Hall–Kier alpha value is -1.89. The average Bonchev–Trinajstić information content (AvgIpc) is 3.22. The minimum Gasteiger partial charge on any atom is -0.371 e. The Balaban J connectivity index is 1.28. The van der Waals surface area contributed by atoms with E-state index in [1.165, 1.54) is 6.20 Å². The fourth-order valence-electron chi connectivity index (χ4n) is 4.18. The second-order valence-corrected chi connectivity index (χ2v) is 7.52. The molecule has 0 aromatic carbocycles. The van der Waals surface area contributed by atoms with Gasteiger partial charge in [0.2, 0.25) is 5.91 Å². The minimum atomic E-state index is -0.190. The fourth-order valence-corrected chi connectivity index (χ4v) is 4.18. The summed E-state index contributed by atoms with van der Waals surface area (Å²) in [6.07, 6.45) is 5.85. The quantitative estimate of drug-likeness (QED) is 0.825. The van der Waals surface area contributed by atoms with E-state index in [9.17, 15) is 9.59 Å². The molecule has 1 aromatic rings. The van der Waals surface area contributed by atoms with Crippen LogP contribution in [0.5, 0.6) is 0 Å². The number of hydrogen-bond donors (Lipinski definition) is 0. The van der Waals surface area contributed by atoms with Gasteiger partial charge in [0.25, 0.3) is 5.91 Å². The summed E-state index contributed by atoms with van der Waals surface area (Å²) in [5.74, 6) is 1.33. The van der Waals surface area contributed by atoms with Gasteiger partial charge in [0.05, 0.1) is 25.9 Å². The molecule has 0 saturated carbocycles. The topological polar surface area (TPSA) is 75.9 Å². The lowest BCUT2D eigenvalue weighted by Crippen LogP contribution is -2.66. The van der Waals surface area contributed by atoms with Gasteiger partial charge in [0.15, 0.2) is 0 Å². The van der Waals surface area contributed by atoms with E-state index in [1.807, 2.05) is 16.7 Å². The van der Waals surface area contributed by atoms with Gasteiger partial charge in [-0.15, -0.1) is 0 Å². The smallest absolute Gasteiger partial charge is 0.259 e. The molecule has 0 radical (unpaired) electrons. The number of hydrogen-bond acceptors (Lipinski definition) is 5. The first-order valence-electron chi connectivity index (χ1n) is 9.25. The van der Waals surface area contributed by atoms with Crippen LogP contribution < -0.4 is 0 Å². The van der Waals surface area contributed by atoms with Gasteiger partial charge < -0.3 is 19.1 Å². The highest BCUT2D eigenvalue weighted by Gasteiger charge is 2.49. The third kappa shape index (κ3) is 3.05. The highest BCUT2D eigenvalue weighted by molar-refractivity contribution is 5.95. The van der Waals surface area contributed by atoms with Crippen LogP contribution in [0.2, 0.25) is 0 Å². The lowest BCUT2D eigenvalue weighted by atomic mass is 9.82. The molecule has 1 atom stereocenters. The van der Waals surface area contributed by atoms with E-state index in [0.717, 1.165) is 32.4 Å². The van der Waals surface area contributed by atoms with Crippen LogP contribution in [0.3, 0.4) is 0 Å². The van der Waals surface area contributed by atoms with Crippen LogP contribution in [0.25, 0.3) is 0 Å². The Morgan fingerprint density at radius 2 is 2.28 bits per heavy atom. The molecule has 0 bridgehead atoms. The van der Waals surface area contributed by atoms with E-state index in [1.54, 1.807) is 0 Å². The Kier molecular flexibility index (Phi) is 4.27. The molecule has 136 valence electrons. The van der Waals surface area contributed by atoms with E-state index < -0.39 is 0 Å². The lowest BCUT2D eigenvalue weighted by molar-refractivity contribution is -0.169. The maximum Gasteiger partial charge on any atom is 0.259 e. The summed E-state index contributed by atoms with van der Waals surface area (Å²) in [5, 5.41) is 3.74. The summed E-state index contributed by atoms with van der Waals surface area (Å²) < 4.78 is 11.3. The molecule has 3 aliphatic rings. The van der Waals surface area contributed by atoms with Gasteiger partial charge in [-0.3, -0.25) is 9.59 Å².